The van der Waals surface area contributed by atoms with Crippen LogP contribution in [0.15, 0.2) is 36.8 Å². The SMILES string of the molecule is CCN(C(=O)c1cc(F)ccc1Oc1nncnc1N1CCC(Oc2ccnc3c2CN(CCCN2CC4(COC4)C2)CC3)CC1)C(C)C. The van der Waals surface area contributed by atoms with Crippen LogP contribution in [0.4, 0.5) is 10.2 Å². The van der Waals surface area contributed by atoms with Crippen LogP contribution in [0.25, 0.3) is 0 Å². The number of hydrogen-bond donors (Lipinski definition) is 0. The lowest BCUT2D eigenvalue weighted by Gasteiger charge is -2.55. The highest BCUT2D eigenvalue weighted by atomic mass is 19.1. The fraction of sp³-hybridized carbons (Fsp3) is 0.583. The molecule has 49 heavy (non-hydrogen) atoms. The van der Waals surface area contributed by atoms with Gasteiger partial charge in [-0.1, -0.05) is 0 Å². The van der Waals surface area contributed by atoms with Crippen LogP contribution in [0, 0.1) is 11.2 Å². The molecule has 3 aromatic rings. The standard InChI is InChI=1S/C36H47FN8O4/c1-4-45(25(2)3)35(46)28-18-26(37)6-7-31(28)49-34-33(39-24-40-41-34)44-16-9-27(10-17-44)48-32-8-12-38-30-11-15-42(19-29(30)32)13-5-14-43-20-36(21-43)22-47-23-36/h6-8,12,18,24-25,27H,4-5,9-11,13-17,19-23H2,1-3H3. The van der Waals surface area contributed by atoms with Crippen molar-refractivity contribution in [1.82, 2.24) is 34.9 Å². The smallest absolute Gasteiger partial charge is 0.282 e. The summed E-state index contributed by atoms with van der Waals surface area (Å²) in [6, 6.07) is 5.89. The molecular weight excluding hydrogens is 627 g/mol. The second-order valence-electron chi connectivity index (χ2n) is 14.1. The van der Waals surface area contributed by atoms with E-state index in [2.05, 4.69) is 29.9 Å². The number of amides is 1. The monoisotopic (exact) mass is 674 g/mol. The number of hydrogen-bond acceptors (Lipinski definition) is 11. The van der Waals surface area contributed by atoms with E-state index < -0.39 is 5.82 Å². The van der Waals surface area contributed by atoms with Crippen molar-refractivity contribution in [2.75, 3.05) is 70.5 Å². The Labute approximate surface area is 287 Å². The Balaban J connectivity index is 0.957. The summed E-state index contributed by atoms with van der Waals surface area (Å²) in [7, 11) is 0. The van der Waals surface area contributed by atoms with Gasteiger partial charge in [0.25, 0.3) is 11.8 Å². The Morgan fingerprint density at radius 2 is 1.88 bits per heavy atom. The molecule has 0 unspecified atom stereocenters. The molecule has 3 fully saturated rings. The van der Waals surface area contributed by atoms with E-state index in [1.807, 2.05) is 33.0 Å². The third kappa shape index (κ3) is 7.34. The number of fused-ring (bicyclic) bond motifs is 1. The van der Waals surface area contributed by atoms with Gasteiger partial charge < -0.3 is 28.9 Å². The molecular formula is C36H47FN8O4. The Morgan fingerprint density at radius 3 is 2.61 bits per heavy atom. The average molecular weight is 675 g/mol. The van der Waals surface area contributed by atoms with Gasteiger partial charge >= 0.3 is 0 Å². The van der Waals surface area contributed by atoms with Crippen molar-refractivity contribution in [3.8, 4) is 17.4 Å². The van der Waals surface area contributed by atoms with E-state index in [9.17, 15) is 9.18 Å². The third-order valence-electron chi connectivity index (χ3n) is 10.2. The lowest BCUT2D eigenvalue weighted by molar-refractivity contribution is -0.188. The minimum Gasteiger partial charge on any atom is -0.490 e. The molecule has 4 aliphatic rings. The molecule has 2 aromatic heterocycles. The zero-order chi connectivity index (χ0) is 34.0. The number of nitrogens with zero attached hydrogens (tertiary/aromatic N) is 8. The zero-order valence-electron chi connectivity index (χ0n) is 28.8. The van der Waals surface area contributed by atoms with Crippen molar-refractivity contribution in [2.45, 2.75) is 65.1 Å². The molecule has 3 saturated heterocycles. The summed E-state index contributed by atoms with van der Waals surface area (Å²) in [5, 5.41) is 8.17. The van der Waals surface area contributed by atoms with Crippen molar-refractivity contribution < 1.29 is 23.4 Å². The fourth-order valence-electron chi connectivity index (χ4n) is 7.59. The summed E-state index contributed by atoms with van der Waals surface area (Å²) in [4.78, 5) is 31.4. The van der Waals surface area contributed by atoms with Crippen LogP contribution in [-0.2, 0) is 17.7 Å². The molecule has 6 heterocycles. The number of carbonyl (C=O) groups excluding carboxylic acids is 1. The summed E-state index contributed by atoms with van der Waals surface area (Å²) in [6.45, 7) is 15.9. The topological polar surface area (TPSA) is 109 Å². The molecule has 1 amide bonds. The molecule has 4 aliphatic heterocycles. The van der Waals surface area contributed by atoms with Crippen molar-refractivity contribution in [2.24, 2.45) is 5.41 Å². The van der Waals surface area contributed by atoms with E-state index in [-0.39, 0.29) is 35.2 Å². The second kappa shape index (κ2) is 14.5. The van der Waals surface area contributed by atoms with Gasteiger partial charge in [0.05, 0.1) is 18.8 Å². The van der Waals surface area contributed by atoms with Gasteiger partial charge in [-0.2, -0.15) is 0 Å². The Morgan fingerprint density at radius 1 is 1.08 bits per heavy atom. The molecule has 12 nitrogen and oxygen atoms in total. The molecule has 262 valence electrons. The van der Waals surface area contributed by atoms with Crippen molar-refractivity contribution in [3.05, 3.63) is 59.4 Å². The third-order valence-corrected chi connectivity index (χ3v) is 10.2. The summed E-state index contributed by atoms with van der Waals surface area (Å²) in [5.41, 5.74) is 2.96. The number of ether oxygens (including phenoxy) is 3. The normalized spacial score (nSPS) is 19.3. The highest BCUT2D eigenvalue weighted by Gasteiger charge is 2.48. The van der Waals surface area contributed by atoms with Crippen LogP contribution in [0.5, 0.6) is 17.4 Å². The van der Waals surface area contributed by atoms with Gasteiger partial charge in [0.1, 0.15) is 29.7 Å². The van der Waals surface area contributed by atoms with Crippen LogP contribution in [-0.4, -0.2) is 118 Å². The molecule has 0 aliphatic carbocycles. The molecule has 0 atom stereocenters. The van der Waals surface area contributed by atoms with Crippen molar-refractivity contribution in [3.63, 3.8) is 0 Å². The van der Waals surface area contributed by atoms with E-state index >= 15 is 0 Å². The first kappa shape index (κ1) is 33.6. The first-order valence-corrected chi connectivity index (χ1v) is 17.7. The lowest BCUT2D eigenvalue weighted by Crippen LogP contribution is -2.65. The maximum absolute atomic E-state index is 14.3. The number of halogens is 1. The molecule has 0 bridgehead atoms. The Kier molecular flexibility index (Phi) is 9.93. The molecule has 1 aromatic carbocycles. The summed E-state index contributed by atoms with van der Waals surface area (Å²) in [5.74, 6) is 1.02. The van der Waals surface area contributed by atoms with Crippen LogP contribution in [0.3, 0.4) is 0 Å². The highest BCUT2D eigenvalue weighted by Crippen LogP contribution is 2.38. The lowest BCUT2D eigenvalue weighted by atomic mass is 9.78. The van der Waals surface area contributed by atoms with Gasteiger partial charge in [0, 0.05) is 94.0 Å². The Bertz CT molecular complexity index is 1620. The van der Waals surface area contributed by atoms with Crippen LogP contribution >= 0.6 is 0 Å². The number of likely N-dealkylation sites (tertiary alicyclic amines) is 1. The molecule has 1 spiro atoms. The van der Waals surface area contributed by atoms with Gasteiger partial charge in [-0.3, -0.25) is 14.7 Å². The minimum absolute atomic E-state index is 0.0453. The van der Waals surface area contributed by atoms with Crippen LogP contribution in [0.2, 0.25) is 0 Å². The maximum Gasteiger partial charge on any atom is 0.282 e. The highest BCUT2D eigenvalue weighted by molar-refractivity contribution is 5.97. The van der Waals surface area contributed by atoms with Gasteiger partial charge in [-0.25, -0.2) is 9.37 Å². The second-order valence-corrected chi connectivity index (χ2v) is 14.1. The van der Waals surface area contributed by atoms with E-state index in [1.54, 1.807) is 4.90 Å². The van der Waals surface area contributed by atoms with E-state index in [0.29, 0.717) is 30.9 Å². The van der Waals surface area contributed by atoms with E-state index in [4.69, 9.17) is 19.2 Å². The van der Waals surface area contributed by atoms with Crippen LogP contribution in [0.1, 0.15) is 61.6 Å². The maximum atomic E-state index is 14.3. The Hall–Kier alpha value is -3.94. The predicted octanol–water partition coefficient (Wildman–Crippen LogP) is 4.20. The number of anilines is 1. The largest absolute Gasteiger partial charge is 0.490 e. The number of rotatable bonds is 12. The van der Waals surface area contributed by atoms with Crippen LogP contribution < -0.4 is 14.4 Å². The molecule has 13 heteroatoms. The van der Waals surface area contributed by atoms with E-state index in [1.165, 1.54) is 49.6 Å². The minimum atomic E-state index is -0.516. The summed E-state index contributed by atoms with van der Waals surface area (Å²) < 4.78 is 32.6. The summed E-state index contributed by atoms with van der Waals surface area (Å²) in [6.07, 6.45) is 6.97. The molecule has 0 saturated carbocycles. The predicted molar refractivity (Wildman–Crippen MR) is 182 cm³/mol. The number of carbonyl (C=O) groups is 1. The summed E-state index contributed by atoms with van der Waals surface area (Å²) >= 11 is 0. The van der Waals surface area contributed by atoms with Gasteiger partial charge in [-0.05, 0) is 64.5 Å². The quantitative estimate of drug-likeness (QED) is 0.276. The van der Waals surface area contributed by atoms with Gasteiger partial charge in [-0.15, -0.1) is 10.2 Å². The van der Waals surface area contributed by atoms with Gasteiger partial charge in [0.15, 0.2) is 5.82 Å². The number of benzene rings is 1. The van der Waals surface area contributed by atoms with Crippen molar-refractivity contribution >= 4 is 11.7 Å². The number of piperidine rings is 1. The van der Waals surface area contributed by atoms with E-state index in [0.717, 1.165) is 70.1 Å². The molecule has 0 N–H and O–H groups in total. The average Bonchev–Trinajstić information content (AvgIpc) is 3.06. The number of pyridine rings is 1. The zero-order valence-corrected chi connectivity index (χ0v) is 28.8. The number of aromatic nitrogens is 4. The first-order valence-electron chi connectivity index (χ1n) is 17.7. The van der Waals surface area contributed by atoms with Crippen molar-refractivity contribution in [1.29, 1.82) is 0 Å². The van der Waals surface area contributed by atoms with Gasteiger partial charge in [0.2, 0.25) is 0 Å². The first-order chi connectivity index (χ1) is 23.8. The molecule has 0 radical (unpaired) electrons. The fourth-order valence-corrected chi connectivity index (χ4v) is 7.59. The molecule has 7 rings (SSSR count).